The third-order valence-corrected chi connectivity index (χ3v) is 8.22. The van der Waals surface area contributed by atoms with Gasteiger partial charge in [0.25, 0.3) is 0 Å². The molecule has 0 N–H and O–H groups in total. The normalized spacial score (nSPS) is 29.0. The van der Waals surface area contributed by atoms with Crippen molar-refractivity contribution in [1.29, 1.82) is 0 Å². The molecule has 0 bridgehead atoms. The number of hydrogen-bond donors (Lipinski definition) is 0. The number of aryl methyl sites for hydroxylation is 1. The minimum absolute atomic E-state index is 0.163. The smallest absolute Gasteiger partial charge is 0.158 e. The summed E-state index contributed by atoms with van der Waals surface area (Å²) in [5.41, 5.74) is 1.14. The van der Waals surface area contributed by atoms with Crippen LogP contribution in [-0.2, 0) is 28.2 Å². The van der Waals surface area contributed by atoms with Gasteiger partial charge in [-0.1, -0.05) is 0 Å². The molecule has 4 rings (SSSR count). The van der Waals surface area contributed by atoms with Crippen LogP contribution in [0.3, 0.4) is 0 Å². The van der Waals surface area contributed by atoms with Gasteiger partial charge in [0.15, 0.2) is 9.84 Å². The second kappa shape index (κ2) is 5.57. The number of nitrogens with zero attached hydrogens (tertiary/aromatic N) is 3. The molecule has 1 saturated carbocycles. The van der Waals surface area contributed by atoms with E-state index in [1.165, 1.54) is 12.8 Å². The number of likely N-dealkylation sites (tertiary alicyclic amines) is 1. The molecule has 0 unspecified atom stereocenters. The third kappa shape index (κ3) is 2.83. The summed E-state index contributed by atoms with van der Waals surface area (Å²) in [5.74, 6) is 1.22. The van der Waals surface area contributed by atoms with Gasteiger partial charge < -0.3 is 4.74 Å². The molecule has 1 spiro atoms. The Labute approximate surface area is 137 Å². The Morgan fingerprint density at radius 3 is 2.74 bits per heavy atom. The van der Waals surface area contributed by atoms with E-state index in [1.54, 1.807) is 4.68 Å². The summed E-state index contributed by atoms with van der Waals surface area (Å²) in [6.07, 6.45) is 7.14. The van der Waals surface area contributed by atoms with Gasteiger partial charge in [-0.05, 0) is 25.2 Å². The molecule has 23 heavy (non-hydrogen) atoms. The average molecular weight is 339 g/mol. The second-order valence-electron chi connectivity index (χ2n) is 7.52. The van der Waals surface area contributed by atoms with Crippen molar-refractivity contribution in [2.45, 2.75) is 30.6 Å². The van der Waals surface area contributed by atoms with Crippen LogP contribution in [0.25, 0.3) is 0 Å². The Morgan fingerprint density at radius 1 is 1.30 bits per heavy atom. The fourth-order valence-corrected chi connectivity index (χ4v) is 6.46. The molecule has 3 fully saturated rings. The summed E-state index contributed by atoms with van der Waals surface area (Å²) in [6, 6.07) is 0. The van der Waals surface area contributed by atoms with Crippen molar-refractivity contribution in [2.75, 3.05) is 32.1 Å². The maximum Gasteiger partial charge on any atom is 0.158 e. The predicted molar refractivity (Wildman–Crippen MR) is 86.7 cm³/mol. The molecule has 0 aromatic carbocycles. The van der Waals surface area contributed by atoms with E-state index >= 15 is 0 Å². The molecule has 1 aliphatic carbocycles. The first-order chi connectivity index (χ1) is 11.0. The predicted octanol–water partition coefficient (Wildman–Crippen LogP) is 0.836. The van der Waals surface area contributed by atoms with Crippen molar-refractivity contribution >= 4 is 9.84 Å². The molecule has 6 nitrogen and oxygen atoms in total. The Bertz CT molecular complexity index is 674. The molecule has 7 heteroatoms. The topological polar surface area (TPSA) is 64.4 Å². The van der Waals surface area contributed by atoms with Crippen molar-refractivity contribution < 1.29 is 13.2 Å². The number of rotatable bonds is 6. The minimum atomic E-state index is -3.00. The Balaban J connectivity index is 1.38. The zero-order valence-electron chi connectivity index (χ0n) is 13.6. The van der Waals surface area contributed by atoms with Gasteiger partial charge in [0, 0.05) is 51.0 Å². The summed E-state index contributed by atoms with van der Waals surface area (Å²) in [7, 11) is -1.10. The van der Waals surface area contributed by atoms with Crippen LogP contribution in [0, 0.1) is 11.8 Å². The number of aromatic nitrogens is 2. The maximum absolute atomic E-state index is 12.6. The van der Waals surface area contributed by atoms with Crippen LogP contribution in [0.15, 0.2) is 12.4 Å². The molecular weight excluding hydrogens is 314 g/mol. The van der Waals surface area contributed by atoms with E-state index in [-0.39, 0.29) is 5.92 Å². The lowest BCUT2D eigenvalue weighted by Gasteiger charge is -2.50. The molecule has 2 aliphatic heterocycles. The number of hydrogen-bond acceptors (Lipinski definition) is 5. The standard InChI is InChI=1S/C16H25N3O3S/c1-18-7-14(6-17-18)8-19-11-16(12-19)15(4-5-23(16,20)21)10-22-9-13-2-3-13/h6-7,13,15H,2-5,8-12H2,1H3/t15-/m0/s1. The highest BCUT2D eigenvalue weighted by Crippen LogP contribution is 2.45. The highest BCUT2D eigenvalue weighted by molar-refractivity contribution is 7.93. The van der Waals surface area contributed by atoms with E-state index in [0.717, 1.165) is 31.1 Å². The molecule has 1 atom stereocenters. The quantitative estimate of drug-likeness (QED) is 0.768. The van der Waals surface area contributed by atoms with Crippen LogP contribution in [0.2, 0.25) is 0 Å². The van der Waals surface area contributed by atoms with Gasteiger partial charge in [0.2, 0.25) is 0 Å². The van der Waals surface area contributed by atoms with Crippen molar-refractivity contribution in [2.24, 2.45) is 18.9 Å². The van der Waals surface area contributed by atoms with Crippen molar-refractivity contribution in [3.63, 3.8) is 0 Å². The SMILES string of the molecule is Cn1cc(CN2CC3(C2)[C@H](COCC2CC2)CCS3(=O)=O)cn1. The largest absolute Gasteiger partial charge is 0.381 e. The summed E-state index contributed by atoms with van der Waals surface area (Å²) in [6.45, 7) is 3.48. The Morgan fingerprint density at radius 2 is 2.09 bits per heavy atom. The molecule has 0 amide bonds. The summed E-state index contributed by atoms with van der Waals surface area (Å²) in [5, 5.41) is 4.18. The van der Waals surface area contributed by atoms with Gasteiger partial charge in [-0.2, -0.15) is 5.10 Å². The van der Waals surface area contributed by atoms with Gasteiger partial charge in [0.05, 0.1) is 18.6 Å². The molecule has 128 valence electrons. The first kappa shape index (κ1) is 15.6. The first-order valence-electron chi connectivity index (χ1n) is 8.48. The fraction of sp³-hybridized carbons (Fsp3) is 0.812. The summed E-state index contributed by atoms with van der Waals surface area (Å²) >= 11 is 0. The van der Waals surface area contributed by atoms with Crippen LogP contribution in [0.1, 0.15) is 24.8 Å². The van der Waals surface area contributed by atoms with Gasteiger partial charge in [-0.25, -0.2) is 8.42 Å². The van der Waals surface area contributed by atoms with Crippen LogP contribution in [0.4, 0.5) is 0 Å². The van der Waals surface area contributed by atoms with Gasteiger partial charge in [-0.3, -0.25) is 9.58 Å². The summed E-state index contributed by atoms with van der Waals surface area (Å²) in [4.78, 5) is 2.22. The third-order valence-electron chi connectivity index (χ3n) is 5.61. The minimum Gasteiger partial charge on any atom is -0.381 e. The summed E-state index contributed by atoms with van der Waals surface area (Å²) < 4.78 is 32.2. The van der Waals surface area contributed by atoms with E-state index in [4.69, 9.17) is 4.74 Å². The molecule has 2 saturated heterocycles. The maximum atomic E-state index is 12.6. The molecule has 3 heterocycles. The van der Waals surface area contributed by atoms with Crippen molar-refractivity contribution in [3.8, 4) is 0 Å². The second-order valence-corrected chi connectivity index (χ2v) is 9.97. The lowest BCUT2D eigenvalue weighted by atomic mass is 9.83. The highest BCUT2D eigenvalue weighted by atomic mass is 32.2. The zero-order chi connectivity index (χ0) is 16.1. The van der Waals surface area contributed by atoms with Crippen molar-refractivity contribution in [3.05, 3.63) is 18.0 Å². The molecule has 1 aromatic heterocycles. The zero-order valence-corrected chi connectivity index (χ0v) is 14.5. The van der Waals surface area contributed by atoms with Gasteiger partial charge in [0.1, 0.15) is 4.75 Å². The van der Waals surface area contributed by atoms with E-state index in [2.05, 4.69) is 10.00 Å². The number of ether oxygens (including phenoxy) is 1. The van der Waals surface area contributed by atoms with Crippen LogP contribution in [0.5, 0.6) is 0 Å². The molecule has 1 aromatic rings. The van der Waals surface area contributed by atoms with E-state index < -0.39 is 14.6 Å². The lowest BCUT2D eigenvalue weighted by molar-refractivity contribution is 0.0227. The average Bonchev–Trinajstić information content (AvgIpc) is 3.13. The van der Waals surface area contributed by atoms with Gasteiger partial charge >= 0.3 is 0 Å². The Hall–Kier alpha value is -0.920. The fourth-order valence-electron chi connectivity index (χ4n) is 4.00. The molecular formula is C16H25N3O3S. The van der Waals surface area contributed by atoms with E-state index in [0.29, 0.717) is 25.4 Å². The molecule has 0 radical (unpaired) electrons. The molecule has 3 aliphatic rings. The first-order valence-corrected chi connectivity index (χ1v) is 10.1. The van der Waals surface area contributed by atoms with Crippen LogP contribution >= 0.6 is 0 Å². The lowest BCUT2D eigenvalue weighted by Crippen LogP contribution is -2.67. The van der Waals surface area contributed by atoms with Crippen LogP contribution < -0.4 is 0 Å². The Kier molecular flexibility index (Phi) is 3.77. The van der Waals surface area contributed by atoms with Gasteiger partial charge in [-0.15, -0.1) is 0 Å². The van der Waals surface area contributed by atoms with E-state index in [1.807, 2.05) is 19.4 Å². The number of sulfone groups is 1. The van der Waals surface area contributed by atoms with Crippen molar-refractivity contribution in [1.82, 2.24) is 14.7 Å². The highest BCUT2D eigenvalue weighted by Gasteiger charge is 2.61. The van der Waals surface area contributed by atoms with Crippen LogP contribution in [-0.4, -0.2) is 59.9 Å². The monoisotopic (exact) mass is 339 g/mol. The van der Waals surface area contributed by atoms with E-state index in [9.17, 15) is 8.42 Å².